The van der Waals surface area contributed by atoms with Gasteiger partial charge in [0.2, 0.25) is 5.91 Å². The van der Waals surface area contributed by atoms with Crippen molar-refractivity contribution in [2.24, 2.45) is 5.92 Å². The Labute approximate surface area is 160 Å². The van der Waals surface area contributed by atoms with Crippen molar-refractivity contribution in [3.8, 4) is 0 Å². The SMILES string of the molecule is COC(=O)c1ccccc1C(=O)N1CCC[C@@H](CCC(=O)N2CCCC2)C1. The van der Waals surface area contributed by atoms with Gasteiger partial charge < -0.3 is 14.5 Å². The molecule has 6 heteroatoms. The van der Waals surface area contributed by atoms with Crippen LogP contribution in [0.2, 0.25) is 0 Å². The molecule has 1 aromatic rings. The highest BCUT2D eigenvalue weighted by Crippen LogP contribution is 2.24. The summed E-state index contributed by atoms with van der Waals surface area (Å²) in [5, 5.41) is 0. The van der Waals surface area contributed by atoms with Gasteiger partial charge in [-0.25, -0.2) is 4.79 Å². The zero-order valence-corrected chi connectivity index (χ0v) is 16.0. The maximum absolute atomic E-state index is 13.0. The van der Waals surface area contributed by atoms with Gasteiger partial charge in [-0.1, -0.05) is 12.1 Å². The molecular weight excluding hydrogens is 344 g/mol. The molecule has 2 fully saturated rings. The van der Waals surface area contributed by atoms with Gasteiger partial charge >= 0.3 is 5.97 Å². The molecule has 0 saturated carbocycles. The van der Waals surface area contributed by atoms with Crippen LogP contribution in [0, 0.1) is 5.92 Å². The third-order valence-electron chi connectivity index (χ3n) is 5.59. The van der Waals surface area contributed by atoms with Crippen LogP contribution in [0.25, 0.3) is 0 Å². The highest BCUT2D eigenvalue weighted by atomic mass is 16.5. The topological polar surface area (TPSA) is 66.9 Å². The van der Waals surface area contributed by atoms with Gasteiger partial charge in [0.1, 0.15) is 0 Å². The van der Waals surface area contributed by atoms with Crippen molar-refractivity contribution in [3.05, 3.63) is 35.4 Å². The fourth-order valence-corrected chi connectivity index (χ4v) is 4.07. The summed E-state index contributed by atoms with van der Waals surface area (Å²) in [5.41, 5.74) is 0.689. The molecule has 2 aliphatic rings. The van der Waals surface area contributed by atoms with Crippen molar-refractivity contribution >= 4 is 17.8 Å². The van der Waals surface area contributed by atoms with Crippen molar-refractivity contribution in [1.82, 2.24) is 9.80 Å². The number of ether oxygens (including phenoxy) is 1. The maximum Gasteiger partial charge on any atom is 0.338 e. The number of piperidine rings is 1. The Bertz CT molecular complexity index is 697. The van der Waals surface area contributed by atoms with E-state index in [4.69, 9.17) is 4.74 Å². The predicted molar refractivity (Wildman–Crippen MR) is 101 cm³/mol. The molecule has 1 atom stereocenters. The first-order chi connectivity index (χ1) is 13.1. The highest BCUT2D eigenvalue weighted by Gasteiger charge is 2.28. The van der Waals surface area contributed by atoms with E-state index in [1.165, 1.54) is 7.11 Å². The summed E-state index contributed by atoms with van der Waals surface area (Å²) in [6.07, 6.45) is 5.56. The predicted octanol–water partition coefficient (Wildman–Crippen LogP) is 2.73. The minimum atomic E-state index is -0.497. The summed E-state index contributed by atoms with van der Waals surface area (Å²) in [6, 6.07) is 6.78. The summed E-state index contributed by atoms with van der Waals surface area (Å²) in [7, 11) is 1.32. The first kappa shape index (κ1) is 19.4. The van der Waals surface area contributed by atoms with Crippen molar-refractivity contribution in [1.29, 1.82) is 0 Å². The molecule has 2 amide bonds. The van der Waals surface area contributed by atoms with Crippen LogP contribution in [0.15, 0.2) is 24.3 Å². The number of methoxy groups -OCH3 is 1. The van der Waals surface area contributed by atoms with E-state index in [-0.39, 0.29) is 11.8 Å². The largest absolute Gasteiger partial charge is 0.465 e. The fraction of sp³-hybridized carbons (Fsp3) is 0.571. The average molecular weight is 372 g/mol. The molecule has 2 heterocycles. The third kappa shape index (κ3) is 4.67. The maximum atomic E-state index is 13.0. The highest BCUT2D eigenvalue weighted by molar-refractivity contribution is 6.05. The number of hydrogen-bond donors (Lipinski definition) is 0. The molecule has 0 bridgehead atoms. The molecule has 0 spiro atoms. The van der Waals surface area contributed by atoms with Gasteiger partial charge in [0, 0.05) is 32.6 Å². The summed E-state index contributed by atoms with van der Waals surface area (Å²) < 4.78 is 4.80. The molecule has 2 saturated heterocycles. The standard InChI is InChI=1S/C21H28N2O4/c1-27-21(26)18-9-3-2-8-17(18)20(25)23-14-6-7-16(15-23)10-11-19(24)22-12-4-5-13-22/h2-3,8-9,16H,4-7,10-15H2,1H3/t16-/m0/s1. The second-order valence-electron chi connectivity index (χ2n) is 7.42. The van der Waals surface area contributed by atoms with Crippen molar-refractivity contribution in [2.75, 3.05) is 33.3 Å². The number of likely N-dealkylation sites (tertiary alicyclic amines) is 2. The molecule has 0 aromatic heterocycles. The molecule has 0 N–H and O–H groups in total. The summed E-state index contributed by atoms with van der Waals surface area (Å²) in [5.74, 6) is -0.0539. The molecule has 3 rings (SSSR count). The summed E-state index contributed by atoms with van der Waals surface area (Å²) >= 11 is 0. The van der Waals surface area contributed by atoms with Gasteiger partial charge in [0.05, 0.1) is 18.2 Å². The van der Waals surface area contributed by atoms with Crippen LogP contribution in [0.4, 0.5) is 0 Å². The van der Waals surface area contributed by atoms with E-state index in [9.17, 15) is 14.4 Å². The molecular formula is C21H28N2O4. The number of rotatable bonds is 5. The lowest BCUT2D eigenvalue weighted by Gasteiger charge is -2.33. The van der Waals surface area contributed by atoms with E-state index in [1.807, 2.05) is 9.80 Å². The van der Waals surface area contributed by atoms with Crippen LogP contribution in [-0.2, 0) is 9.53 Å². The van der Waals surface area contributed by atoms with Gasteiger partial charge in [-0.3, -0.25) is 9.59 Å². The summed E-state index contributed by atoms with van der Waals surface area (Å²) in [4.78, 5) is 41.0. The van der Waals surface area contributed by atoms with Crippen LogP contribution in [0.5, 0.6) is 0 Å². The Kier molecular flexibility index (Phi) is 6.48. The molecule has 0 aliphatic carbocycles. The number of carbonyl (C=O) groups excluding carboxylic acids is 3. The number of hydrogen-bond acceptors (Lipinski definition) is 4. The normalized spacial score (nSPS) is 19.8. The Morgan fingerprint density at radius 3 is 2.37 bits per heavy atom. The molecule has 0 radical (unpaired) electrons. The lowest BCUT2D eigenvalue weighted by molar-refractivity contribution is -0.130. The van der Waals surface area contributed by atoms with Crippen LogP contribution >= 0.6 is 0 Å². The number of amides is 2. The summed E-state index contributed by atoms with van der Waals surface area (Å²) in [6.45, 7) is 3.10. The van der Waals surface area contributed by atoms with E-state index in [0.717, 1.165) is 45.2 Å². The zero-order valence-electron chi connectivity index (χ0n) is 16.0. The Hall–Kier alpha value is -2.37. The monoisotopic (exact) mass is 372 g/mol. The number of esters is 1. The first-order valence-electron chi connectivity index (χ1n) is 9.84. The third-order valence-corrected chi connectivity index (χ3v) is 5.59. The van der Waals surface area contributed by atoms with Gasteiger partial charge in [-0.2, -0.15) is 0 Å². The van der Waals surface area contributed by atoms with Gasteiger partial charge in [0.15, 0.2) is 0 Å². The second-order valence-corrected chi connectivity index (χ2v) is 7.42. The average Bonchev–Trinajstić information content (AvgIpc) is 3.26. The van der Waals surface area contributed by atoms with Crippen LogP contribution in [0.3, 0.4) is 0 Å². The molecule has 1 aromatic carbocycles. The van der Waals surface area contributed by atoms with Gasteiger partial charge in [-0.05, 0) is 50.2 Å². The number of benzene rings is 1. The zero-order chi connectivity index (χ0) is 19.2. The van der Waals surface area contributed by atoms with Gasteiger partial charge in [0.25, 0.3) is 5.91 Å². The van der Waals surface area contributed by atoms with Crippen LogP contribution in [-0.4, -0.2) is 60.9 Å². The smallest absolute Gasteiger partial charge is 0.338 e. The van der Waals surface area contributed by atoms with E-state index in [0.29, 0.717) is 36.6 Å². The molecule has 6 nitrogen and oxygen atoms in total. The Balaban J connectivity index is 1.60. The van der Waals surface area contributed by atoms with E-state index < -0.39 is 5.97 Å². The van der Waals surface area contributed by atoms with Crippen LogP contribution in [0.1, 0.15) is 59.2 Å². The lowest BCUT2D eigenvalue weighted by Crippen LogP contribution is -2.41. The van der Waals surface area contributed by atoms with E-state index >= 15 is 0 Å². The van der Waals surface area contributed by atoms with Crippen molar-refractivity contribution in [2.45, 2.75) is 38.5 Å². The van der Waals surface area contributed by atoms with E-state index in [2.05, 4.69) is 0 Å². The fourth-order valence-electron chi connectivity index (χ4n) is 4.07. The Morgan fingerprint density at radius 2 is 1.67 bits per heavy atom. The minimum Gasteiger partial charge on any atom is -0.465 e. The van der Waals surface area contributed by atoms with E-state index in [1.54, 1.807) is 24.3 Å². The number of carbonyl (C=O) groups is 3. The Morgan fingerprint density at radius 1 is 1.00 bits per heavy atom. The molecule has 2 aliphatic heterocycles. The lowest BCUT2D eigenvalue weighted by atomic mass is 9.92. The first-order valence-corrected chi connectivity index (χ1v) is 9.84. The number of nitrogens with zero attached hydrogens (tertiary/aromatic N) is 2. The second kappa shape index (κ2) is 9.02. The molecule has 146 valence electrons. The minimum absolute atomic E-state index is 0.133. The molecule has 0 unspecified atom stereocenters. The quantitative estimate of drug-likeness (QED) is 0.746. The molecule has 27 heavy (non-hydrogen) atoms. The van der Waals surface area contributed by atoms with Crippen molar-refractivity contribution < 1.29 is 19.1 Å². The van der Waals surface area contributed by atoms with Crippen LogP contribution < -0.4 is 0 Å². The van der Waals surface area contributed by atoms with Gasteiger partial charge in [-0.15, -0.1) is 0 Å². The van der Waals surface area contributed by atoms with Crippen molar-refractivity contribution in [3.63, 3.8) is 0 Å².